The molecule has 3 rings (SSSR count). The molecule has 0 aliphatic carbocycles. The number of urea groups is 1. The molecular weight excluding hydrogens is 637 g/mol. The van der Waals surface area contributed by atoms with E-state index in [9.17, 15) is 24.0 Å². The number of nitrogens with one attached hydrogen (secondary N) is 5. The van der Waals surface area contributed by atoms with Crippen molar-refractivity contribution < 1.29 is 24.0 Å². The number of carbonyl (C=O) groups is 5. The summed E-state index contributed by atoms with van der Waals surface area (Å²) in [5, 5.41) is 18.5. The molecular formula is C29H42N8O5S3. The fourth-order valence-corrected chi connectivity index (χ4v) is 8.49. The Kier molecular flexibility index (Phi) is 16.3. The van der Waals surface area contributed by atoms with Crippen LogP contribution in [0.25, 0.3) is 10.4 Å². The Balaban J connectivity index is 1.36. The highest BCUT2D eigenvalue weighted by Crippen LogP contribution is 2.33. The van der Waals surface area contributed by atoms with Gasteiger partial charge in [0.05, 0.1) is 12.1 Å². The van der Waals surface area contributed by atoms with Crippen molar-refractivity contribution in [3.63, 3.8) is 0 Å². The Morgan fingerprint density at radius 2 is 1.80 bits per heavy atom. The highest BCUT2D eigenvalue weighted by atomic mass is 33.1. The van der Waals surface area contributed by atoms with Gasteiger partial charge in [-0.15, -0.1) is 0 Å². The zero-order valence-corrected chi connectivity index (χ0v) is 27.9. The van der Waals surface area contributed by atoms with Gasteiger partial charge in [0, 0.05) is 64.6 Å². The lowest BCUT2D eigenvalue weighted by Gasteiger charge is -2.19. The first-order chi connectivity index (χ1) is 21.8. The van der Waals surface area contributed by atoms with Crippen LogP contribution in [0, 0.1) is 0 Å². The van der Waals surface area contributed by atoms with E-state index in [1.807, 2.05) is 11.8 Å². The van der Waals surface area contributed by atoms with Gasteiger partial charge in [0.2, 0.25) is 11.8 Å². The van der Waals surface area contributed by atoms with Crippen LogP contribution in [0.15, 0.2) is 29.4 Å². The molecule has 0 bridgehead atoms. The minimum Gasteiger partial charge on any atom is -0.356 e. The zero-order valence-electron chi connectivity index (χ0n) is 25.4. The fraction of sp³-hybridized carbons (Fsp3) is 0.621. The number of amides is 5. The molecule has 45 heavy (non-hydrogen) atoms. The van der Waals surface area contributed by atoms with Crippen LogP contribution in [0.5, 0.6) is 0 Å². The average Bonchev–Trinajstić information content (AvgIpc) is 3.57. The average molecular weight is 679 g/mol. The quantitative estimate of drug-likeness (QED) is 0.0318. The molecule has 2 aliphatic heterocycles. The minimum absolute atomic E-state index is 0.00626. The van der Waals surface area contributed by atoms with E-state index in [0.717, 1.165) is 30.8 Å². The first-order valence-corrected chi connectivity index (χ1v) is 18.7. The Hall–Kier alpha value is -3.07. The van der Waals surface area contributed by atoms with Crippen molar-refractivity contribution in [2.24, 2.45) is 5.11 Å². The van der Waals surface area contributed by atoms with Gasteiger partial charge in [-0.05, 0) is 56.7 Å². The Labute approximate surface area is 275 Å². The van der Waals surface area contributed by atoms with Crippen molar-refractivity contribution in [1.29, 1.82) is 0 Å². The fourth-order valence-electron chi connectivity index (χ4n) is 4.95. The lowest BCUT2D eigenvalue weighted by Crippen LogP contribution is -2.47. The van der Waals surface area contributed by atoms with E-state index in [2.05, 4.69) is 36.6 Å². The van der Waals surface area contributed by atoms with Crippen LogP contribution < -0.4 is 26.6 Å². The summed E-state index contributed by atoms with van der Waals surface area (Å²) in [4.78, 5) is 63.5. The summed E-state index contributed by atoms with van der Waals surface area (Å²) in [5.41, 5.74) is 9.30. The number of hydrogen-bond donors (Lipinski definition) is 5. The third-order valence-corrected chi connectivity index (χ3v) is 11.3. The van der Waals surface area contributed by atoms with Crippen LogP contribution in [0.3, 0.4) is 0 Å². The molecule has 2 heterocycles. The van der Waals surface area contributed by atoms with E-state index in [1.54, 1.807) is 28.5 Å². The number of thioether (sulfide) groups is 1. The predicted octanol–water partition coefficient (Wildman–Crippen LogP) is 4.22. The summed E-state index contributed by atoms with van der Waals surface area (Å²) in [6.07, 6.45) is 5.30. The summed E-state index contributed by atoms with van der Waals surface area (Å²) < 4.78 is 0. The second kappa shape index (κ2) is 20.1. The number of carbonyl (C=O) groups excluding carboxylic acids is 5. The first-order valence-electron chi connectivity index (χ1n) is 15.2. The van der Waals surface area contributed by atoms with Gasteiger partial charge in [0.1, 0.15) is 11.8 Å². The lowest BCUT2D eigenvalue weighted by molar-refractivity contribution is -0.123. The summed E-state index contributed by atoms with van der Waals surface area (Å²) in [5.74, 6) is 1.75. The van der Waals surface area contributed by atoms with Crippen molar-refractivity contribution in [3.8, 4) is 0 Å². The van der Waals surface area contributed by atoms with E-state index in [1.165, 1.54) is 24.3 Å². The van der Waals surface area contributed by atoms with Gasteiger partial charge in [-0.25, -0.2) is 4.79 Å². The SMILES string of the molecule is CC(=O)CCSSCCNC(=O)C(CCCCNC(=O)CCCCC1SCC2NC(=O)NC21)NC(=O)c1ccc(N=[N+]=[N-])cc1. The second-order valence-electron chi connectivity index (χ2n) is 10.9. The van der Waals surface area contributed by atoms with E-state index in [-0.39, 0.29) is 35.7 Å². The van der Waals surface area contributed by atoms with E-state index in [4.69, 9.17) is 5.53 Å². The van der Waals surface area contributed by atoms with Gasteiger partial charge in [-0.3, -0.25) is 19.2 Å². The molecule has 4 unspecified atom stereocenters. The Morgan fingerprint density at radius 3 is 2.56 bits per heavy atom. The molecule has 2 aliphatic rings. The Morgan fingerprint density at radius 1 is 1.02 bits per heavy atom. The van der Waals surface area contributed by atoms with Crippen LogP contribution >= 0.6 is 33.3 Å². The molecule has 4 atom stereocenters. The first kappa shape index (κ1) is 36.4. The lowest BCUT2D eigenvalue weighted by atomic mass is 10.0. The van der Waals surface area contributed by atoms with Crippen LogP contribution in [-0.4, -0.2) is 83.3 Å². The predicted molar refractivity (Wildman–Crippen MR) is 181 cm³/mol. The molecule has 1 aromatic rings. The van der Waals surface area contributed by atoms with Crippen molar-refractivity contribution >= 4 is 68.6 Å². The van der Waals surface area contributed by atoms with E-state index in [0.29, 0.717) is 67.4 Å². The van der Waals surface area contributed by atoms with Gasteiger partial charge in [-0.2, -0.15) is 11.8 Å². The topological polar surface area (TPSA) is 194 Å². The molecule has 5 N–H and O–H groups in total. The van der Waals surface area contributed by atoms with Gasteiger partial charge >= 0.3 is 6.03 Å². The Bertz CT molecular complexity index is 1210. The number of benzene rings is 1. The number of Topliss-reactive ketones (excluding diaryl/α,β-unsaturated/α-hetero) is 1. The number of ketones is 1. The monoisotopic (exact) mass is 678 g/mol. The minimum atomic E-state index is -0.756. The number of unbranched alkanes of at least 4 members (excludes halogenated alkanes) is 2. The molecule has 0 saturated carbocycles. The van der Waals surface area contributed by atoms with E-state index >= 15 is 0 Å². The molecule has 0 aromatic heterocycles. The highest BCUT2D eigenvalue weighted by molar-refractivity contribution is 8.76. The largest absolute Gasteiger partial charge is 0.356 e. The summed E-state index contributed by atoms with van der Waals surface area (Å²) >= 11 is 1.87. The molecule has 2 fully saturated rings. The summed E-state index contributed by atoms with van der Waals surface area (Å²) in [6.45, 7) is 2.47. The molecule has 16 heteroatoms. The molecule has 2 saturated heterocycles. The molecule has 0 radical (unpaired) electrons. The number of azide groups is 1. The highest BCUT2D eigenvalue weighted by Gasteiger charge is 2.42. The smallest absolute Gasteiger partial charge is 0.315 e. The summed E-state index contributed by atoms with van der Waals surface area (Å²) in [7, 11) is 3.16. The van der Waals surface area contributed by atoms with Crippen LogP contribution in [0.1, 0.15) is 68.6 Å². The van der Waals surface area contributed by atoms with Gasteiger partial charge in [0.15, 0.2) is 0 Å². The second-order valence-corrected chi connectivity index (χ2v) is 14.8. The van der Waals surface area contributed by atoms with Crippen molar-refractivity contribution in [2.45, 2.75) is 81.7 Å². The standard InChI is InChI=1S/C29H42N8O5S3/c1-19(38)13-16-44-45-17-15-32-28(41)22(33-27(40)20-9-11-21(12-10-20)36-37-30)6-4-5-14-31-25(39)8-3-2-7-24-26-23(18-43-24)34-29(42)35-26/h9-12,22-24,26H,2-8,13-18H2,1H3,(H,31,39)(H,32,41)(H,33,40)(H2,34,35,42). The third kappa shape index (κ3) is 13.4. The van der Waals surface area contributed by atoms with Crippen LogP contribution in [0.4, 0.5) is 10.5 Å². The van der Waals surface area contributed by atoms with Crippen molar-refractivity contribution in [1.82, 2.24) is 26.6 Å². The zero-order chi connectivity index (χ0) is 32.4. The van der Waals surface area contributed by atoms with Crippen LogP contribution in [0.2, 0.25) is 0 Å². The molecule has 0 spiro atoms. The number of nitrogens with zero attached hydrogens (tertiary/aromatic N) is 3. The van der Waals surface area contributed by atoms with Crippen molar-refractivity contribution in [3.05, 3.63) is 40.3 Å². The molecule has 246 valence electrons. The van der Waals surface area contributed by atoms with Gasteiger partial charge in [0.25, 0.3) is 5.91 Å². The number of rotatable bonds is 21. The van der Waals surface area contributed by atoms with Gasteiger partial charge < -0.3 is 26.6 Å². The molecule has 5 amide bonds. The normalized spacial score (nSPS) is 19.0. The number of fused-ring (bicyclic) bond motifs is 1. The van der Waals surface area contributed by atoms with Crippen molar-refractivity contribution in [2.75, 3.05) is 30.3 Å². The van der Waals surface area contributed by atoms with Gasteiger partial charge in [-0.1, -0.05) is 45.3 Å². The maximum absolute atomic E-state index is 13.0. The van der Waals surface area contributed by atoms with Crippen LogP contribution in [-0.2, 0) is 14.4 Å². The van der Waals surface area contributed by atoms with E-state index < -0.39 is 11.9 Å². The number of hydrogen-bond acceptors (Lipinski definition) is 9. The maximum atomic E-state index is 13.0. The summed E-state index contributed by atoms with van der Waals surface area (Å²) in [6, 6.07) is 5.67. The third-order valence-electron chi connectivity index (χ3n) is 7.34. The maximum Gasteiger partial charge on any atom is 0.315 e. The molecule has 13 nitrogen and oxygen atoms in total. The molecule has 1 aromatic carbocycles.